The molecule has 28 heavy (non-hydrogen) atoms. The Kier molecular flexibility index (Phi) is 4.27. The van der Waals surface area contributed by atoms with Crippen molar-refractivity contribution in [3.05, 3.63) is 42.2 Å². The van der Waals surface area contributed by atoms with Gasteiger partial charge in [-0.3, -0.25) is 4.98 Å². The lowest BCUT2D eigenvalue weighted by Crippen LogP contribution is -2.62. The van der Waals surface area contributed by atoms with Crippen LogP contribution in [0.1, 0.15) is 50.5 Å². The Morgan fingerprint density at radius 2 is 1.93 bits per heavy atom. The number of nitrogens with zero attached hydrogens (tertiary/aromatic N) is 6. The quantitative estimate of drug-likeness (QED) is 0.754. The first-order valence-corrected chi connectivity index (χ1v) is 10.3. The summed E-state index contributed by atoms with van der Waals surface area (Å²) >= 11 is 0. The van der Waals surface area contributed by atoms with E-state index in [4.69, 9.17) is 4.98 Å². The number of hydrogen-bond acceptors (Lipinski definition) is 6. The van der Waals surface area contributed by atoms with Gasteiger partial charge in [-0.25, -0.2) is 15.0 Å². The SMILES string of the molecule is CC(C)n1cnc2cnc(Cc3ccnc(N4CCC5(CCN5)CC4)n3)cc21. The summed E-state index contributed by atoms with van der Waals surface area (Å²) in [5, 5.41) is 3.62. The fourth-order valence-electron chi connectivity index (χ4n) is 4.34. The van der Waals surface area contributed by atoms with Gasteiger partial charge in [0.15, 0.2) is 0 Å². The standard InChI is InChI=1S/C21H27N7/c1-15(2)28-14-24-18-13-23-17(12-19(18)28)11-16-3-7-22-20(26-16)27-9-5-21(6-10-27)4-8-25-21/h3,7,12-15,25H,4-6,8-11H2,1-2H3. The monoisotopic (exact) mass is 377 g/mol. The highest BCUT2D eigenvalue weighted by atomic mass is 15.3. The molecule has 2 aliphatic rings. The average Bonchev–Trinajstić information content (AvgIpc) is 3.11. The smallest absolute Gasteiger partial charge is 0.225 e. The van der Waals surface area contributed by atoms with E-state index in [0.717, 1.165) is 41.5 Å². The van der Waals surface area contributed by atoms with Crippen LogP contribution in [0.4, 0.5) is 5.95 Å². The second kappa shape index (κ2) is 6.81. The first-order chi connectivity index (χ1) is 13.6. The zero-order valence-electron chi connectivity index (χ0n) is 16.6. The van der Waals surface area contributed by atoms with Crippen LogP contribution in [0.15, 0.2) is 30.9 Å². The van der Waals surface area contributed by atoms with Crippen LogP contribution in [0.25, 0.3) is 11.0 Å². The van der Waals surface area contributed by atoms with Crippen molar-refractivity contribution in [2.75, 3.05) is 24.5 Å². The number of piperidine rings is 1. The number of nitrogens with one attached hydrogen (secondary N) is 1. The van der Waals surface area contributed by atoms with Gasteiger partial charge in [-0.2, -0.15) is 0 Å². The minimum absolute atomic E-state index is 0.374. The molecule has 0 unspecified atom stereocenters. The van der Waals surface area contributed by atoms with E-state index in [-0.39, 0.29) is 0 Å². The summed E-state index contributed by atoms with van der Waals surface area (Å²) in [6.07, 6.45) is 10.00. The van der Waals surface area contributed by atoms with Crippen LogP contribution in [0.3, 0.4) is 0 Å². The number of imidazole rings is 1. The van der Waals surface area contributed by atoms with Crippen molar-refractivity contribution in [3.8, 4) is 0 Å². The zero-order valence-corrected chi connectivity index (χ0v) is 16.6. The number of anilines is 1. The third-order valence-electron chi connectivity index (χ3n) is 6.24. The number of hydrogen-bond donors (Lipinski definition) is 1. The van der Waals surface area contributed by atoms with Gasteiger partial charge >= 0.3 is 0 Å². The summed E-state index contributed by atoms with van der Waals surface area (Å²) in [5.74, 6) is 0.847. The largest absolute Gasteiger partial charge is 0.341 e. The number of fused-ring (bicyclic) bond motifs is 1. The molecule has 0 bridgehead atoms. The Morgan fingerprint density at radius 1 is 1.11 bits per heavy atom. The molecular weight excluding hydrogens is 350 g/mol. The maximum absolute atomic E-state index is 4.84. The summed E-state index contributed by atoms with van der Waals surface area (Å²) in [6, 6.07) is 4.50. The molecule has 146 valence electrons. The van der Waals surface area contributed by atoms with Gasteiger partial charge in [0.2, 0.25) is 5.95 Å². The highest BCUT2D eigenvalue weighted by molar-refractivity contribution is 5.74. The number of aromatic nitrogens is 5. The maximum atomic E-state index is 4.84. The predicted octanol–water partition coefficient (Wildman–Crippen LogP) is 2.73. The summed E-state index contributed by atoms with van der Waals surface area (Å²) in [7, 11) is 0. The summed E-state index contributed by atoms with van der Waals surface area (Å²) in [5.41, 5.74) is 4.48. The average molecular weight is 377 g/mol. The molecule has 1 N–H and O–H groups in total. The van der Waals surface area contributed by atoms with Crippen molar-refractivity contribution in [3.63, 3.8) is 0 Å². The van der Waals surface area contributed by atoms with Crippen molar-refractivity contribution < 1.29 is 0 Å². The molecule has 0 atom stereocenters. The molecule has 1 spiro atoms. The van der Waals surface area contributed by atoms with Crippen LogP contribution < -0.4 is 10.2 Å². The normalized spacial score (nSPS) is 18.8. The van der Waals surface area contributed by atoms with Gasteiger partial charge < -0.3 is 14.8 Å². The van der Waals surface area contributed by atoms with Crippen molar-refractivity contribution in [2.45, 2.75) is 51.1 Å². The Bertz CT molecular complexity index is 979. The van der Waals surface area contributed by atoms with Crippen molar-refractivity contribution in [2.24, 2.45) is 0 Å². The lowest BCUT2D eigenvalue weighted by atomic mass is 9.79. The molecule has 0 aromatic carbocycles. The molecule has 2 aliphatic heterocycles. The number of pyridine rings is 1. The van der Waals surface area contributed by atoms with Crippen LogP contribution in [-0.2, 0) is 6.42 Å². The highest BCUT2D eigenvalue weighted by Gasteiger charge is 2.39. The molecule has 3 aromatic rings. The van der Waals surface area contributed by atoms with E-state index in [2.05, 4.69) is 49.6 Å². The first kappa shape index (κ1) is 17.6. The van der Waals surface area contributed by atoms with Crippen LogP contribution in [-0.4, -0.2) is 49.7 Å². The van der Waals surface area contributed by atoms with E-state index >= 15 is 0 Å². The Balaban J connectivity index is 1.34. The molecule has 7 heteroatoms. The maximum Gasteiger partial charge on any atom is 0.225 e. The Labute approximate surface area is 165 Å². The molecule has 0 radical (unpaired) electrons. The van der Waals surface area contributed by atoms with Gasteiger partial charge in [0.05, 0.1) is 23.7 Å². The zero-order chi connectivity index (χ0) is 19.1. The van der Waals surface area contributed by atoms with Crippen molar-refractivity contribution >= 4 is 17.0 Å². The van der Waals surface area contributed by atoms with Gasteiger partial charge in [0, 0.05) is 43.0 Å². The second-order valence-electron chi connectivity index (χ2n) is 8.38. The van der Waals surface area contributed by atoms with Gasteiger partial charge in [0.25, 0.3) is 0 Å². The van der Waals surface area contributed by atoms with Gasteiger partial charge in [-0.05, 0) is 51.8 Å². The van der Waals surface area contributed by atoms with E-state index in [9.17, 15) is 0 Å². The van der Waals surface area contributed by atoms with Crippen LogP contribution >= 0.6 is 0 Å². The Morgan fingerprint density at radius 3 is 2.64 bits per heavy atom. The minimum atomic E-state index is 0.374. The minimum Gasteiger partial charge on any atom is -0.341 e. The summed E-state index contributed by atoms with van der Waals surface area (Å²) in [6.45, 7) is 7.54. The van der Waals surface area contributed by atoms with Gasteiger partial charge in [0.1, 0.15) is 5.52 Å². The van der Waals surface area contributed by atoms with Crippen molar-refractivity contribution in [1.29, 1.82) is 0 Å². The Hall–Kier alpha value is -2.54. The molecule has 7 nitrogen and oxygen atoms in total. The molecule has 2 fully saturated rings. The fourth-order valence-corrected chi connectivity index (χ4v) is 4.34. The third kappa shape index (κ3) is 3.13. The van der Waals surface area contributed by atoms with E-state index in [0.29, 0.717) is 18.0 Å². The first-order valence-electron chi connectivity index (χ1n) is 10.3. The third-order valence-corrected chi connectivity index (χ3v) is 6.24. The van der Waals surface area contributed by atoms with E-state index in [1.54, 1.807) is 0 Å². The highest BCUT2D eigenvalue weighted by Crippen LogP contribution is 2.32. The molecule has 5 rings (SSSR count). The van der Waals surface area contributed by atoms with E-state index < -0.39 is 0 Å². The summed E-state index contributed by atoms with van der Waals surface area (Å²) in [4.78, 5) is 20.7. The van der Waals surface area contributed by atoms with E-state index in [1.807, 2.05) is 24.8 Å². The molecule has 0 amide bonds. The van der Waals surface area contributed by atoms with Crippen LogP contribution in [0, 0.1) is 0 Å². The van der Waals surface area contributed by atoms with Crippen LogP contribution in [0.5, 0.6) is 0 Å². The lowest BCUT2D eigenvalue weighted by Gasteiger charge is -2.48. The van der Waals surface area contributed by atoms with E-state index in [1.165, 1.54) is 25.8 Å². The fraction of sp³-hybridized carbons (Fsp3) is 0.524. The predicted molar refractivity (Wildman–Crippen MR) is 110 cm³/mol. The summed E-state index contributed by atoms with van der Waals surface area (Å²) < 4.78 is 2.18. The van der Waals surface area contributed by atoms with Gasteiger partial charge in [-0.15, -0.1) is 0 Å². The molecule has 3 aromatic heterocycles. The molecule has 5 heterocycles. The molecule has 0 aliphatic carbocycles. The molecule has 0 saturated carbocycles. The molecular formula is C21H27N7. The number of rotatable bonds is 4. The lowest BCUT2D eigenvalue weighted by molar-refractivity contribution is 0.163. The van der Waals surface area contributed by atoms with Crippen LogP contribution in [0.2, 0.25) is 0 Å². The second-order valence-corrected chi connectivity index (χ2v) is 8.38. The topological polar surface area (TPSA) is 71.8 Å². The molecule has 2 saturated heterocycles. The van der Waals surface area contributed by atoms with Crippen molar-refractivity contribution in [1.82, 2.24) is 29.8 Å². The van der Waals surface area contributed by atoms with Gasteiger partial charge in [-0.1, -0.05) is 0 Å².